The lowest BCUT2D eigenvalue weighted by Crippen LogP contribution is -2.19. The van der Waals surface area contributed by atoms with E-state index in [1.165, 1.54) is 17.0 Å². The Bertz CT molecular complexity index is 873. The molecule has 112 valence electrons. The third kappa shape index (κ3) is 2.99. The van der Waals surface area contributed by atoms with Crippen LogP contribution in [-0.4, -0.2) is 20.7 Å². The molecule has 1 aromatic carbocycles. The molecular formula is C14H11ClN4O3. The highest BCUT2D eigenvalue weighted by Gasteiger charge is 2.11. The van der Waals surface area contributed by atoms with E-state index in [-0.39, 0.29) is 18.9 Å². The maximum Gasteiger partial charge on any atom is 0.419 e. The molecule has 2 heterocycles. The number of benzene rings is 1. The summed E-state index contributed by atoms with van der Waals surface area (Å²) in [6.45, 7) is 0.206. The van der Waals surface area contributed by atoms with Crippen molar-refractivity contribution in [3.05, 3.63) is 52.2 Å². The normalized spacial score (nSPS) is 10.8. The van der Waals surface area contributed by atoms with Crippen LogP contribution >= 0.6 is 11.6 Å². The van der Waals surface area contributed by atoms with Gasteiger partial charge in [0.05, 0.1) is 23.6 Å². The van der Waals surface area contributed by atoms with E-state index in [2.05, 4.69) is 15.5 Å². The maximum absolute atomic E-state index is 11.9. The van der Waals surface area contributed by atoms with Gasteiger partial charge in [-0.1, -0.05) is 11.6 Å². The number of fused-ring (bicyclic) bond motifs is 1. The minimum atomic E-state index is -0.518. The van der Waals surface area contributed by atoms with Gasteiger partial charge in [-0.2, -0.15) is 10.2 Å². The first kappa shape index (κ1) is 14.3. The van der Waals surface area contributed by atoms with E-state index in [0.717, 1.165) is 0 Å². The number of carbonyl (C=O) groups is 1. The zero-order valence-corrected chi connectivity index (χ0v) is 12.1. The lowest BCUT2D eigenvalue weighted by Gasteiger charge is -2.04. The zero-order chi connectivity index (χ0) is 15.5. The van der Waals surface area contributed by atoms with Crippen molar-refractivity contribution in [1.29, 1.82) is 0 Å². The molecule has 0 aliphatic carbocycles. The molecule has 0 saturated heterocycles. The minimum absolute atomic E-state index is 0.124. The summed E-state index contributed by atoms with van der Waals surface area (Å²) in [4.78, 5) is 23.7. The fourth-order valence-electron chi connectivity index (χ4n) is 2.05. The Morgan fingerprint density at radius 3 is 2.95 bits per heavy atom. The first-order valence-electron chi connectivity index (χ1n) is 6.49. The lowest BCUT2D eigenvalue weighted by atomic mass is 10.3. The number of nitrogens with zero attached hydrogens (tertiary/aromatic N) is 3. The highest BCUT2D eigenvalue weighted by atomic mass is 35.5. The second-order valence-corrected chi connectivity index (χ2v) is 5.00. The van der Waals surface area contributed by atoms with Gasteiger partial charge in [-0.3, -0.25) is 9.36 Å². The summed E-state index contributed by atoms with van der Waals surface area (Å²) in [6, 6.07) is 6.55. The van der Waals surface area contributed by atoms with Crippen LogP contribution in [0.1, 0.15) is 6.42 Å². The van der Waals surface area contributed by atoms with Crippen molar-refractivity contribution in [2.45, 2.75) is 13.0 Å². The minimum Gasteiger partial charge on any atom is -0.408 e. The summed E-state index contributed by atoms with van der Waals surface area (Å²) < 4.78 is 6.50. The first-order valence-corrected chi connectivity index (χ1v) is 6.87. The second-order valence-electron chi connectivity index (χ2n) is 4.56. The number of hydrogen-bond acceptors (Lipinski definition) is 5. The number of amides is 1. The largest absolute Gasteiger partial charge is 0.419 e. The SMILES string of the molecule is O=C(CCn1c(=O)oc2cc(Cl)ccc21)Nc1ccnnc1. The van der Waals surface area contributed by atoms with Crippen LogP contribution < -0.4 is 11.1 Å². The Balaban J connectivity index is 1.73. The number of aromatic nitrogens is 3. The molecule has 0 spiro atoms. The predicted octanol–water partition coefficient (Wildman–Crippen LogP) is 2.07. The molecule has 0 atom stereocenters. The van der Waals surface area contributed by atoms with E-state index >= 15 is 0 Å². The molecule has 0 radical (unpaired) electrons. The summed E-state index contributed by atoms with van der Waals surface area (Å²) in [6.07, 6.45) is 3.05. The van der Waals surface area contributed by atoms with E-state index in [4.69, 9.17) is 16.0 Å². The average molecular weight is 319 g/mol. The van der Waals surface area contributed by atoms with Crippen molar-refractivity contribution >= 4 is 34.3 Å². The van der Waals surface area contributed by atoms with Gasteiger partial charge >= 0.3 is 5.76 Å². The van der Waals surface area contributed by atoms with Crippen LogP contribution in [0.5, 0.6) is 0 Å². The molecule has 0 fully saturated rings. The maximum atomic E-state index is 11.9. The van der Waals surface area contributed by atoms with Gasteiger partial charge in [-0.25, -0.2) is 4.79 Å². The van der Waals surface area contributed by atoms with Crippen LogP contribution in [0.4, 0.5) is 5.69 Å². The van der Waals surface area contributed by atoms with E-state index < -0.39 is 5.76 Å². The number of nitrogens with one attached hydrogen (secondary N) is 1. The van der Waals surface area contributed by atoms with Gasteiger partial charge in [0, 0.05) is 24.1 Å². The van der Waals surface area contributed by atoms with Crippen molar-refractivity contribution in [3.8, 4) is 0 Å². The number of rotatable bonds is 4. The second kappa shape index (κ2) is 5.98. The summed E-state index contributed by atoms with van der Waals surface area (Å²) in [7, 11) is 0. The van der Waals surface area contributed by atoms with E-state index in [1.54, 1.807) is 24.3 Å². The number of anilines is 1. The standard InChI is InChI=1S/C14H11ClN4O3/c15-9-1-2-11-12(7-9)22-14(21)19(11)6-4-13(20)18-10-3-5-16-17-8-10/h1-3,5,7-8H,4,6H2,(H,16,18,20). The molecule has 0 unspecified atom stereocenters. The Hall–Kier alpha value is -2.67. The molecule has 3 aromatic rings. The van der Waals surface area contributed by atoms with Crippen molar-refractivity contribution in [2.75, 3.05) is 5.32 Å². The van der Waals surface area contributed by atoms with Gasteiger partial charge in [0.25, 0.3) is 0 Å². The van der Waals surface area contributed by atoms with Crippen molar-refractivity contribution in [3.63, 3.8) is 0 Å². The smallest absolute Gasteiger partial charge is 0.408 e. The number of carbonyl (C=O) groups excluding carboxylic acids is 1. The summed E-state index contributed by atoms with van der Waals surface area (Å²) in [5.41, 5.74) is 1.56. The highest BCUT2D eigenvalue weighted by Crippen LogP contribution is 2.18. The third-order valence-electron chi connectivity index (χ3n) is 3.06. The van der Waals surface area contributed by atoms with Gasteiger partial charge in [-0.05, 0) is 18.2 Å². The number of oxazole rings is 1. The molecule has 1 N–H and O–H groups in total. The van der Waals surface area contributed by atoms with Gasteiger partial charge < -0.3 is 9.73 Å². The van der Waals surface area contributed by atoms with Crippen molar-refractivity contribution in [2.24, 2.45) is 0 Å². The monoisotopic (exact) mass is 318 g/mol. The Morgan fingerprint density at radius 2 is 2.18 bits per heavy atom. The van der Waals surface area contributed by atoms with Crippen LogP contribution in [0.2, 0.25) is 5.02 Å². The van der Waals surface area contributed by atoms with Crippen molar-refractivity contribution in [1.82, 2.24) is 14.8 Å². The average Bonchev–Trinajstić information content (AvgIpc) is 2.80. The fourth-order valence-corrected chi connectivity index (χ4v) is 2.22. The van der Waals surface area contributed by atoms with Gasteiger partial charge in [-0.15, -0.1) is 0 Å². The quantitative estimate of drug-likeness (QED) is 0.795. The van der Waals surface area contributed by atoms with E-state index in [0.29, 0.717) is 21.8 Å². The van der Waals surface area contributed by atoms with Crippen LogP contribution in [0.3, 0.4) is 0 Å². The molecule has 1 amide bonds. The number of hydrogen-bond donors (Lipinski definition) is 1. The molecule has 7 nitrogen and oxygen atoms in total. The fraction of sp³-hybridized carbons (Fsp3) is 0.143. The topological polar surface area (TPSA) is 90.0 Å². The molecule has 8 heteroatoms. The number of aryl methyl sites for hydroxylation is 1. The predicted molar refractivity (Wildman–Crippen MR) is 80.8 cm³/mol. The zero-order valence-electron chi connectivity index (χ0n) is 11.3. The molecule has 0 aliphatic rings. The first-order chi connectivity index (χ1) is 10.6. The molecular weight excluding hydrogens is 308 g/mol. The highest BCUT2D eigenvalue weighted by molar-refractivity contribution is 6.31. The Labute approximate surface area is 129 Å². The Morgan fingerprint density at radius 1 is 1.32 bits per heavy atom. The van der Waals surface area contributed by atoms with Crippen molar-refractivity contribution < 1.29 is 9.21 Å². The summed E-state index contributed by atoms with van der Waals surface area (Å²) in [5, 5.41) is 10.4. The lowest BCUT2D eigenvalue weighted by molar-refractivity contribution is -0.116. The van der Waals surface area contributed by atoms with Gasteiger partial charge in [0.1, 0.15) is 0 Å². The van der Waals surface area contributed by atoms with Crippen LogP contribution in [0, 0.1) is 0 Å². The third-order valence-corrected chi connectivity index (χ3v) is 3.30. The summed E-state index contributed by atoms with van der Waals surface area (Å²) >= 11 is 5.85. The van der Waals surface area contributed by atoms with Crippen LogP contribution in [0.15, 0.2) is 45.9 Å². The molecule has 0 saturated carbocycles. The van der Waals surface area contributed by atoms with Crippen LogP contribution in [-0.2, 0) is 11.3 Å². The number of halogens is 1. The van der Waals surface area contributed by atoms with Gasteiger partial charge in [0.15, 0.2) is 5.58 Å². The van der Waals surface area contributed by atoms with Crippen LogP contribution in [0.25, 0.3) is 11.1 Å². The molecule has 0 aliphatic heterocycles. The molecule has 3 rings (SSSR count). The molecule has 2 aromatic heterocycles. The van der Waals surface area contributed by atoms with Gasteiger partial charge in [0.2, 0.25) is 5.91 Å². The van der Waals surface area contributed by atoms with E-state index in [9.17, 15) is 9.59 Å². The molecule has 22 heavy (non-hydrogen) atoms. The summed E-state index contributed by atoms with van der Waals surface area (Å²) in [5.74, 6) is -0.751. The Kier molecular flexibility index (Phi) is 3.88. The van der Waals surface area contributed by atoms with E-state index in [1.807, 2.05) is 0 Å². The molecule has 0 bridgehead atoms.